The Bertz CT molecular complexity index is 738. The SMILES string of the molecule is C=C1C2=C(OC)C(=O)CC[C@]2(C)[C@H]2CC[C@]3(C)C(=O)[C@@H](F)C[C@H]3[C@@H]2[C@@H]1C. The molecule has 0 N–H and O–H groups in total. The molecule has 4 rings (SSSR count). The van der Waals surface area contributed by atoms with Gasteiger partial charge in [0, 0.05) is 22.8 Å². The Hall–Kier alpha value is -1.45. The second kappa shape index (κ2) is 5.53. The summed E-state index contributed by atoms with van der Waals surface area (Å²) in [7, 11) is 1.57. The van der Waals surface area contributed by atoms with E-state index in [9.17, 15) is 14.0 Å². The van der Waals surface area contributed by atoms with Crippen LogP contribution in [0, 0.1) is 34.5 Å². The quantitative estimate of drug-likeness (QED) is 0.695. The Morgan fingerprint density at radius 2 is 1.85 bits per heavy atom. The second-order valence-electron chi connectivity index (χ2n) is 9.38. The second-order valence-corrected chi connectivity index (χ2v) is 9.38. The van der Waals surface area contributed by atoms with Crippen molar-refractivity contribution in [2.45, 2.75) is 59.0 Å². The van der Waals surface area contributed by atoms with Crippen molar-refractivity contribution in [3.8, 4) is 0 Å². The first-order chi connectivity index (χ1) is 12.2. The van der Waals surface area contributed by atoms with Gasteiger partial charge in [0.15, 0.2) is 23.5 Å². The number of hydrogen-bond acceptors (Lipinski definition) is 3. The van der Waals surface area contributed by atoms with E-state index in [-0.39, 0.29) is 34.7 Å². The summed E-state index contributed by atoms with van der Waals surface area (Å²) in [5.41, 5.74) is 1.24. The molecule has 0 heterocycles. The van der Waals surface area contributed by atoms with Crippen molar-refractivity contribution in [1.82, 2.24) is 0 Å². The lowest BCUT2D eigenvalue weighted by Crippen LogP contribution is -2.54. The van der Waals surface area contributed by atoms with Gasteiger partial charge in [0.1, 0.15) is 0 Å². The molecule has 0 radical (unpaired) electrons. The van der Waals surface area contributed by atoms with Crippen LogP contribution in [0.1, 0.15) is 52.9 Å². The van der Waals surface area contributed by atoms with Crippen LogP contribution in [0.25, 0.3) is 0 Å². The highest BCUT2D eigenvalue weighted by Crippen LogP contribution is 2.67. The number of Topliss-reactive ketones (excluding diaryl/α,β-unsaturated/α-hetero) is 2. The van der Waals surface area contributed by atoms with Gasteiger partial charge >= 0.3 is 0 Å². The molecule has 0 unspecified atom stereocenters. The van der Waals surface area contributed by atoms with E-state index in [4.69, 9.17) is 4.74 Å². The molecule has 0 aromatic heterocycles. The lowest BCUT2D eigenvalue weighted by atomic mass is 9.44. The summed E-state index contributed by atoms with van der Waals surface area (Å²) in [6, 6.07) is 0. The number of alkyl halides is 1. The predicted octanol–water partition coefficient (Wildman–Crippen LogP) is 4.42. The van der Waals surface area contributed by atoms with E-state index >= 15 is 0 Å². The minimum Gasteiger partial charge on any atom is -0.493 e. The van der Waals surface area contributed by atoms with Gasteiger partial charge in [0.25, 0.3) is 0 Å². The molecule has 0 aliphatic heterocycles. The molecule has 7 atom stereocenters. The smallest absolute Gasteiger partial charge is 0.197 e. The number of carbonyl (C=O) groups is 2. The molecule has 3 fully saturated rings. The number of allylic oxidation sites excluding steroid dienone is 2. The van der Waals surface area contributed by atoms with Gasteiger partial charge in [0.05, 0.1) is 7.11 Å². The Balaban J connectivity index is 1.85. The lowest BCUT2D eigenvalue weighted by Gasteiger charge is -2.59. The highest BCUT2D eigenvalue weighted by molar-refractivity contribution is 5.96. The van der Waals surface area contributed by atoms with Crippen LogP contribution in [0.4, 0.5) is 4.39 Å². The topological polar surface area (TPSA) is 43.4 Å². The van der Waals surface area contributed by atoms with Crippen molar-refractivity contribution < 1.29 is 18.7 Å². The molecule has 26 heavy (non-hydrogen) atoms. The minimum absolute atomic E-state index is 0.0623. The number of methoxy groups -OCH3 is 1. The Kier molecular flexibility index (Phi) is 3.81. The fourth-order valence-electron chi connectivity index (χ4n) is 6.96. The first-order valence-electron chi connectivity index (χ1n) is 9.86. The van der Waals surface area contributed by atoms with Gasteiger partial charge in [-0.3, -0.25) is 9.59 Å². The van der Waals surface area contributed by atoms with E-state index in [0.717, 1.165) is 30.4 Å². The maximum atomic E-state index is 14.4. The summed E-state index contributed by atoms with van der Waals surface area (Å²) in [6.45, 7) is 10.7. The molecule has 4 aliphatic carbocycles. The van der Waals surface area contributed by atoms with E-state index < -0.39 is 11.6 Å². The Labute approximate surface area is 155 Å². The molecule has 0 aromatic rings. The van der Waals surface area contributed by atoms with Crippen LogP contribution in [0.3, 0.4) is 0 Å². The highest BCUT2D eigenvalue weighted by Gasteiger charge is 2.64. The van der Waals surface area contributed by atoms with Gasteiger partial charge in [0.2, 0.25) is 0 Å². The fourth-order valence-corrected chi connectivity index (χ4v) is 6.96. The monoisotopic (exact) mass is 360 g/mol. The molecule has 3 nitrogen and oxygen atoms in total. The third-order valence-electron chi connectivity index (χ3n) is 8.42. The van der Waals surface area contributed by atoms with Crippen molar-refractivity contribution in [2.75, 3.05) is 7.11 Å². The van der Waals surface area contributed by atoms with E-state index in [1.165, 1.54) is 0 Å². The first kappa shape index (κ1) is 17.9. The van der Waals surface area contributed by atoms with Crippen LogP contribution < -0.4 is 0 Å². The third kappa shape index (κ3) is 1.99. The largest absolute Gasteiger partial charge is 0.493 e. The molecule has 0 spiro atoms. The normalized spacial score (nSPS) is 48.2. The van der Waals surface area contributed by atoms with Crippen molar-refractivity contribution >= 4 is 11.6 Å². The summed E-state index contributed by atoms with van der Waals surface area (Å²) >= 11 is 0. The molecule has 3 saturated carbocycles. The van der Waals surface area contributed by atoms with Crippen LogP contribution in [0.5, 0.6) is 0 Å². The maximum absolute atomic E-state index is 14.4. The van der Waals surface area contributed by atoms with Crippen molar-refractivity contribution in [1.29, 1.82) is 0 Å². The summed E-state index contributed by atoms with van der Waals surface area (Å²) in [5.74, 6) is 1.12. The minimum atomic E-state index is -1.32. The third-order valence-corrected chi connectivity index (χ3v) is 8.42. The number of rotatable bonds is 1. The summed E-state index contributed by atoms with van der Waals surface area (Å²) in [4.78, 5) is 25.0. The first-order valence-corrected chi connectivity index (χ1v) is 9.86. The van der Waals surface area contributed by atoms with Gasteiger partial charge in [-0.1, -0.05) is 27.4 Å². The molecular weight excluding hydrogens is 331 g/mol. The molecule has 0 aromatic carbocycles. The molecule has 0 bridgehead atoms. The summed E-state index contributed by atoms with van der Waals surface area (Å²) < 4.78 is 19.9. The van der Waals surface area contributed by atoms with E-state index in [1.54, 1.807) is 7.11 Å². The standard InChI is InChI=1S/C22H29FO3/c1-11-12(2)18-19(26-5)16(24)7-9-21(18,3)13-6-8-22(4)14(17(11)13)10-15(23)20(22)25/h11,13-15,17H,2,6-10H2,1,3-5H3/t11-,13+,14+,15+,17-,21-,22+/m1/s1. The van der Waals surface area contributed by atoms with Crippen molar-refractivity contribution in [3.05, 3.63) is 23.5 Å². The number of fused-ring (bicyclic) bond motifs is 5. The van der Waals surface area contributed by atoms with Crippen LogP contribution in [0.15, 0.2) is 23.5 Å². The fraction of sp³-hybridized carbons (Fsp3) is 0.727. The van der Waals surface area contributed by atoms with E-state index in [1.807, 2.05) is 6.92 Å². The van der Waals surface area contributed by atoms with Crippen molar-refractivity contribution in [2.24, 2.45) is 34.5 Å². The van der Waals surface area contributed by atoms with E-state index in [2.05, 4.69) is 20.4 Å². The molecule has 0 saturated heterocycles. The zero-order valence-corrected chi connectivity index (χ0v) is 16.2. The van der Waals surface area contributed by atoms with Crippen LogP contribution in [-0.4, -0.2) is 24.8 Å². The Morgan fingerprint density at radius 1 is 1.15 bits per heavy atom. The highest BCUT2D eigenvalue weighted by atomic mass is 19.1. The molecule has 0 amide bonds. The number of ether oxygens (including phenoxy) is 1. The average molecular weight is 360 g/mol. The van der Waals surface area contributed by atoms with Crippen LogP contribution >= 0.6 is 0 Å². The van der Waals surface area contributed by atoms with Gasteiger partial charge in [-0.15, -0.1) is 0 Å². The van der Waals surface area contributed by atoms with Gasteiger partial charge < -0.3 is 4.74 Å². The number of carbonyl (C=O) groups excluding carboxylic acids is 2. The summed E-state index contributed by atoms with van der Waals surface area (Å²) in [6.07, 6.45) is 1.95. The van der Waals surface area contributed by atoms with Gasteiger partial charge in [-0.2, -0.15) is 0 Å². The van der Waals surface area contributed by atoms with Gasteiger partial charge in [-0.05, 0) is 54.9 Å². The van der Waals surface area contributed by atoms with Gasteiger partial charge in [-0.25, -0.2) is 4.39 Å². The maximum Gasteiger partial charge on any atom is 0.197 e. The number of hydrogen-bond donors (Lipinski definition) is 0. The zero-order chi connectivity index (χ0) is 19.0. The Morgan fingerprint density at radius 3 is 2.50 bits per heavy atom. The van der Waals surface area contributed by atoms with Crippen molar-refractivity contribution in [3.63, 3.8) is 0 Å². The molecule has 142 valence electrons. The summed E-state index contributed by atoms with van der Waals surface area (Å²) in [5, 5.41) is 0. The zero-order valence-electron chi connectivity index (χ0n) is 16.2. The molecule has 4 aliphatic rings. The van der Waals surface area contributed by atoms with Crippen LogP contribution in [0.2, 0.25) is 0 Å². The average Bonchev–Trinajstić information content (AvgIpc) is 2.84. The van der Waals surface area contributed by atoms with Crippen LogP contribution in [-0.2, 0) is 14.3 Å². The molecular formula is C22H29FO3. The number of ketones is 2. The lowest BCUT2D eigenvalue weighted by molar-refractivity contribution is -0.136. The predicted molar refractivity (Wildman–Crippen MR) is 97.0 cm³/mol. The molecule has 4 heteroatoms. The number of halogens is 1. The van der Waals surface area contributed by atoms with E-state index in [0.29, 0.717) is 24.5 Å².